The summed E-state index contributed by atoms with van der Waals surface area (Å²) in [6.07, 6.45) is 2.17. The highest BCUT2D eigenvalue weighted by Gasteiger charge is 2.44. The predicted molar refractivity (Wildman–Crippen MR) is 65.6 cm³/mol. The molecule has 0 heterocycles. The van der Waals surface area contributed by atoms with Crippen LogP contribution in [0.3, 0.4) is 0 Å². The van der Waals surface area contributed by atoms with Crippen molar-refractivity contribution in [2.45, 2.75) is 39.2 Å². The molecule has 1 unspecified atom stereocenters. The number of carbonyl (C=O) groups is 1. The van der Waals surface area contributed by atoms with Crippen molar-refractivity contribution in [2.75, 3.05) is 0 Å². The van der Waals surface area contributed by atoms with E-state index in [1.165, 1.54) is 0 Å². The van der Waals surface area contributed by atoms with E-state index in [4.69, 9.17) is 5.73 Å². The van der Waals surface area contributed by atoms with Crippen molar-refractivity contribution in [3.63, 3.8) is 0 Å². The maximum Gasteiger partial charge on any atom is 0.182 e. The number of carbonyl (C=O) groups excluding carboxylic acids is 1. The fraction of sp³-hybridized carbons (Fsp3) is 0.500. The molecule has 1 aliphatic carbocycles. The monoisotopic (exact) mass is 217 g/mol. The second kappa shape index (κ2) is 3.70. The van der Waals surface area contributed by atoms with Gasteiger partial charge < -0.3 is 5.73 Å². The van der Waals surface area contributed by atoms with Gasteiger partial charge in [-0.2, -0.15) is 0 Å². The van der Waals surface area contributed by atoms with Crippen LogP contribution in [0, 0.1) is 19.8 Å². The minimum Gasteiger partial charge on any atom is -0.319 e. The van der Waals surface area contributed by atoms with Crippen LogP contribution in [-0.4, -0.2) is 11.3 Å². The summed E-state index contributed by atoms with van der Waals surface area (Å²) in [5, 5.41) is 0. The predicted octanol–water partition coefficient (Wildman–Crippen LogP) is 2.61. The first-order valence-electron chi connectivity index (χ1n) is 5.83. The van der Waals surface area contributed by atoms with Crippen LogP contribution in [0.5, 0.6) is 0 Å². The van der Waals surface area contributed by atoms with Crippen LogP contribution in [0.4, 0.5) is 0 Å². The Bertz CT molecular complexity index is 410. The van der Waals surface area contributed by atoms with E-state index in [9.17, 15) is 4.79 Å². The maximum atomic E-state index is 12.3. The Kier molecular flexibility index (Phi) is 2.62. The number of aryl methyl sites for hydroxylation is 2. The first-order valence-corrected chi connectivity index (χ1v) is 5.83. The topological polar surface area (TPSA) is 43.1 Å². The van der Waals surface area contributed by atoms with Crippen LogP contribution in [0.2, 0.25) is 0 Å². The molecule has 1 aliphatic rings. The van der Waals surface area contributed by atoms with Crippen molar-refractivity contribution >= 4 is 5.78 Å². The summed E-state index contributed by atoms with van der Waals surface area (Å²) in [5.41, 5.74) is 8.47. The molecule has 86 valence electrons. The molecule has 0 radical (unpaired) electrons. The Labute approximate surface area is 96.8 Å². The van der Waals surface area contributed by atoms with Crippen LogP contribution in [0.25, 0.3) is 0 Å². The molecule has 1 fully saturated rings. The fourth-order valence-electron chi connectivity index (χ4n) is 2.29. The van der Waals surface area contributed by atoms with Crippen molar-refractivity contribution in [2.24, 2.45) is 11.7 Å². The third-order valence-corrected chi connectivity index (χ3v) is 3.40. The van der Waals surface area contributed by atoms with Crippen LogP contribution in [-0.2, 0) is 0 Å². The van der Waals surface area contributed by atoms with Gasteiger partial charge in [0.25, 0.3) is 0 Å². The Hall–Kier alpha value is -1.15. The lowest BCUT2D eigenvalue weighted by Gasteiger charge is -2.23. The minimum absolute atomic E-state index is 0.0850. The summed E-state index contributed by atoms with van der Waals surface area (Å²) in [5.74, 6) is 0.461. The third kappa shape index (κ3) is 2.03. The molecule has 1 saturated carbocycles. The maximum absolute atomic E-state index is 12.3. The van der Waals surface area contributed by atoms with Crippen molar-refractivity contribution in [3.05, 3.63) is 34.9 Å². The van der Waals surface area contributed by atoms with Gasteiger partial charge in [-0.3, -0.25) is 4.79 Å². The lowest BCUT2D eigenvalue weighted by molar-refractivity contribution is 0.0883. The zero-order valence-electron chi connectivity index (χ0n) is 10.2. The van der Waals surface area contributed by atoms with E-state index in [0.717, 1.165) is 29.5 Å². The van der Waals surface area contributed by atoms with Crippen LogP contribution in [0.1, 0.15) is 41.3 Å². The molecule has 1 atom stereocenters. The second-order valence-corrected chi connectivity index (χ2v) is 5.26. The molecule has 0 aromatic heterocycles. The molecule has 0 saturated heterocycles. The molecule has 0 aliphatic heterocycles. The SMILES string of the molecule is Cc1cc(C)cc(C(=O)C(C)(N)C2CC2)c1. The van der Waals surface area contributed by atoms with E-state index in [2.05, 4.69) is 6.07 Å². The molecule has 16 heavy (non-hydrogen) atoms. The normalized spacial score (nSPS) is 19.2. The zero-order chi connectivity index (χ0) is 11.9. The molecule has 2 heteroatoms. The standard InChI is InChI=1S/C14H19NO/c1-9-6-10(2)8-11(7-9)13(16)14(3,15)12-4-5-12/h6-8,12H,4-5,15H2,1-3H3. The Balaban J connectivity index is 2.33. The first-order chi connectivity index (χ1) is 7.41. The minimum atomic E-state index is -0.680. The molecule has 1 aromatic carbocycles. The Morgan fingerprint density at radius 1 is 1.25 bits per heavy atom. The Morgan fingerprint density at radius 2 is 1.75 bits per heavy atom. The highest BCUT2D eigenvalue weighted by molar-refractivity contribution is 6.03. The number of Topliss-reactive ketones (excluding diaryl/α,β-unsaturated/α-hetero) is 1. The van der Waals surface area contributed by atoms with Gasteiger partial charge in [-0.1, -0.05) is 17.2 Å². The number of ketones is 1. The van der Waals surface area contributed by atoms with Gasteiger partial charge in [-0.05, 0) is 51.7 Å². The highest BCUT2D eigenvalue weighted by atomic mass is 16.1. The number of nitrogens with two attached hydrogens (primary N) is 1. The number of rotatable bonds is 3. The summed E-state index contributed by atoms with van der Waals surface area (Å²) in [4.78, 5) is 12.3. The van der Waals surface area contributed by atoms with Crippen molar-refractivity contribution in [1.82, 2.24) is 0 Å². The molecule has 2 N–H and O–H groups in total. The van der Waals surface area contributed by atoms with Gasteiger partial charge in [-0.15, -0.1) is 0 Å². The van der Waals surface area contributed by atoms with Crippen LogP contribution >= 0.6 is 0 Å². The molecule has 0 amide bonds. The zero-order valence-corrected chi connectivity index (χ0v) is 10.2. The van der Waals surface area contributed by atoms with Gasteiger partial charge >= 0.3 is 0 Å². The van der Waals surface area contributed by atoms with Gasteiger partial charge in [0.05, 0.1) is 5.54 Å². The molecule has 2 nitrogen and oxygen atoms in total. The summed E-state index contributed by atoms with van der Waals surface area (Å²) in [7, 11) is 0. The highest BCUT2D eigenvalue weighted by Crippen LogP contribution is 2.39. The lowest BCUT2D eigenvalue weighted by atomic mass is 9.86. The van der Waals surface area contributed by atoms with E-state index < -0.39 is 5.54 Å². The molecule has 0 bridgehead atoms. The second-order valence-electron chi connectivity index (χ2n) is 5.26. The van der Waals surface area contributed by atoms with E-state index in [1.807, 2.05) is 32.9 Å². The lowest BCUT2D eigenvalue weighted by Crippen LogP contribution is -2.47. The smallest absolute Gasteiger partial charge is 0.182 e. The van der Waals surface area contributed by atoms with Gasteiger partial charge in [0, 0.05) is 5.56 Å². The van der Waals surface area contributed by atoms with Gasteiger partial charge in [0.15, 0.2) is 5.78 Å². The van der Waals surface area contributed by atoms with E-state index in [0.29, 0.717) is 5.92 Å². The number of hydrogen-bond donors (Lipinski definition) is 1. The number of hydrogen-bond acceptors (Lipinski definition) is 2. The molecule has 2 rings (SSSR count). The summed E-state index contributed by atoms with van der Waals surface area (Å²) >= 11 is 0. The average Bonchev–Trinajstić information content (AvgIpc) is 2.97. The summed E-state index contributed by atoms with van der Waals surface area (Å²) in [6.45, 7) is 5.88. The van der Waals surface area contributed by atoms with Gasteiger partial charge in [0.1, 0.15) is 0 Å². The van der Waals surface area contributed by atoms with Crippen molar-refractivity contribution < 1.29 is 4.79 Å². The quantitative estimate of drug-likeness (QED) is 0.791. The summed E-state index contributed by atoms with van der Waals surface area (Å²) in [6, 6.07) is 5.94. The van der Waals surface area contributed by atoms with E-state index in [-0.39, 0.29) is 5.78 Å². The molecule has 1 aromatic rings. The van der Waals surface area contributed by atoms with Crippen LogP contribution in [0.15, 0.2) is 18.2 Å². The van der Waals surface area contributed by atoms with Gasteiger partial charge in [-0.25, -0.2) is 0 Å². The molecular weight excluding hydrogens is 198 g/mol. The van der Waals surface area contributed by atoms with Crippen molar-refractivity contribution in [3.8, 4) is 0 Å². The number of benzene rings is 1. The average molecular weight is 217 g/mol. The molecular formula is C14H19NO. The first kappa shape index (κ1) is 11.3. The van der Waals surface area contributed by atoms with Gasteiger partial charge in [0.2, 0.25) is 0 Å². The third-order valence-electron chi connectivity index (χ3n) is 3.40. The fourth-order valence-corrected chi connectivity index (χ4v) is 2.29. The van der Waals surface area contributed by atoms with E-state index >= 15 is 0 Å². The van der Waals surface area contributed by atoms with Crippen LogP contribution < -0.4 is 5.73 Å². The van der Waals surface area contributed by atoms with E-state index in [1.54, 1.807) is 0 Å². The van der Waals surface area contributed by atoms with Crippen molar-refractivity contribution in [1.29, 1.82) is 0 Å². The molecule has 0 spiro atoms. The largest absolute Gasteiger partial charge is 0.319 e. The Morgan fingerprint density at radius 3 is 2.19 bits per heavy atom. The summed E-state index contributed by atoms with van der Waals surface area (Å²) < 4.78 is 0.